The number of nitriles is 1. The highest BCUT2D eigenvalue weighted by Gasteiger charge is 2.18. The van der Waals surface area contributed by atoms with Crippen molar-refractivity contribution in [1.82, 2.24) is 4.72 Å². The summed E-state index contributed by atoms with van der Waals surface area (Å²) < 4.78 is 40.1. The summed E-state index contributed by atoms with van der Waals surface area (Å²) in [5.41, 5.74) is 0.916. The van der Waals surface area contributed by atoms with Gasteiger partial charge in [0.1, 0.15) is 5.82 Å². The van der Waals surface area contributed by atoms with E-state index in [4.69, 9.17) is 5.26 Å². The van der Waals surface area contributed by atoms with Gasteiger partial charge in [-0.2, -0.15) is 5.26 Å². The molecule has 0 saturated carbocycles. The molecular formula is C15H13FN2O2S. The number of benzene rings is 2. The molecule has 1 N–H and O–H groups in total. The molecule has 0 spiro atoms. The van der Waals surface area contributed by atoms with Crippen molar-refractivity contribution >= 4 is 10.0 Å². The molecule has 2 aromatic rings. The second-order valence-electron chi connectivity index (χ2n) is 4.53. The smallest absolute Gasteiger partial charge is 0.207 e. The minimum Gasteiger partial charge on any atom is -0.207 e. The monoisotopic (exact) mass is 304 g/mol. The Labute approximate surface area is 122 Å². The van der Waals surface area contributed by atoms with Crippen LogP contribution in [-0.4, -0.2) is 8.42 Å². The minimum atomic E-state index is -3.73. The fourth-order valence-corrected chi connectivity index (χ4v) is 3.09. The van der Waals surface area contributed by atoms with E-state index < -0.39 is 21.9 Å². The first-order valence-corrected chi connectivity index (χ1v) is 7.68. The number of rotatable bonds is 4. The van der Waals surface area contributed by atoms with Crippen molar-refractivity contribution in [3.8, 4) is 6.07 Å². The van der Waals surface area contributed by atoms with Gasteiger partial charge in [0.05, 0.1) is 16.5 Å². The van der Waals surface area contributed by atoms with Gasteiger partial charge in [-0.3, -0.25) is 0 Å². The van der Waals surface area contributed by atoms with Crippen LogP contribution in [-0.2, 0) is 10.0 Å². The molecule has 0 bridgehead atoms. The first-order chi connectivity index (χ1) is 9.92. The second kappa shape index (κ2) is 6.04. The van der Waals surface area contributed by atoms with E-state index in [1.165, 1.54) is 42.5 Å². The van der Waals surface area contributed by atoms with Gasteiger partial charge in [-0.25, -0.2) is 17.5 Å². The van der Waals surface area contributed by atoms with E-state index >= 15 is 0 Å². The van der Waals surface area contributed by atoms with Gasteiger partial charge >= 0.3 is 0 Å². The lowest BCUT2D eigenvalue weighted by Gasteiger charge is -2.14. The Hall–Kier alpha value is -2.23. The third-order valence-electron chi connectivity index (χ3n) is 2.97. The molecule has 2 rings (SSSR count). The summed E-state index contributed by atoms with van der Waals surface area (Å²) in [6.45, 7) is 1.63. The largest absolute Gasteiger partial charge is 0.241 e. The molecular weight excluding hydrogens is 291 g/mol. The number of halogens is 1. The Bertz CT molecular complexity index is 780. The molecule has 21 heavy (non-hydrogen) atoms. The van der Waals surface area contributed by atoms with Gasteiger partial charge < -0.3 is 0 Å². The van der Waals surface area contributed by atoms with Crippen molar-refractivity contribution in [1.29, 1.82) is 5.26 Å². The number of hydrogen-bond acceptors (Lipinski definition) is 3. The van der Waals surface area contributed by atoms with Crippen LogP contribution in [0.3, 0.4) is 0 Å². The van der Waals surface area contributed by atoms with E-state index in [1.807, 2.05) is 6.07 Å². The number of hydrogen-bond donors (Lipinski definition) is 1. The van der Waals surface area contributed by atoms with Gasteiger partial charge in [0.15, 0.2) is 0 Å². The molecule has 0 heterocycles. The van der Waals surface area contributed by atoms with Gasteiger partial charge in [-0.05, 0) is 48.9 Å². The van der Waals surface area contributed by atoms with Gasteiger partial charge in [0, 0.05) is 6.04 Å². The van der Waals surface area contributed by atoms with E-state index in [2.05, 4.69) is 4.72 Å². The van der Waals surface area contributed by atoms with Crippen molar-refractivity contribution in [2.24, 2.45) is 0 Å². The zero-order valence-corrected chi connectivity index (χ0v) is 12.1. The Morgan fingerprint density at radius 1 is 1.19 bits per heavy atom. The highest BCUT2D eigenvalue weighted by Crippen LogP contribution is 2.18. The van der Waals surface area contributed by atoms with Gasteiger partial charge in [0.2, 0.25) is 10.0 Å². The summed E-state index contributed by atoms with van der Waals surface area (Å²) in [5, 5.41) is 8.70. The molecule has 0 aromatic heterocycles. The minimum absolute atomic E-state index is 0.0600. The first-order valence-electron chi connectivity index (χ1n) is 6.20. The lowest BCUT2D eigenvalue weighted by molar-refractivity contribution is 0.564. The zero-order chi connectivity index (χ0) is 15.5. The predicted octanol–water partition coefficient (Wildman–Crippen LogP) is 2.74. The molecule has 0 amide bonds. The molecule has 1 atom stereocenters. The van der Waals surface area contributed by atoms with Crippen molar-refractivity contribution in [2.75, 3.05) is 0 Å². The molecule has 0 saturated heterocycles. The van der Waals surface area contributed by atoms with Crippen molar-refractivity contribution in [3.63, 3.8) is 0 Å². The Kier molecular flexibility index (Phi) is 4.36. The van der Waals surface area contributed by atoms with E-state index in [1.54, 1.807) is 13.0 Å². The Morgan fingerprint density at radius 2 is 1.86 bits per heavy atom. The summed E-state index contributed by atoms with van der Waals surface area (Å²) in [6, 6.07) is 12.7. The predicted molar refractivity (Wildman–Crippen MR) is 76.3 cm³/mol. The normalized spacial score (nSPS) is 12.6. The summed E-state index contributed by atoms with van der Waals surface area (Å²) >= 11 is 0. The highest BCUT2D eigenvalue weighted by molar-refractivity contribution is 7.89. The van der Waals surface area contributed by atoms with Gasteiger partial charge in [0.25, 0.3) is 0 Å². The number of nitrogens with one attached hydrogen (secondary N) is 1. The quantitative estimate of drug-likeness (QED) is 0.944. The second-order valence-corrected chi connectivity index (χ2v) is 6.25. The molecule has 0 aliphatic carbocycles. The van der Waals surface area contributed by atoms with Gasteiger partial charge in [-0.15, -0.1) is 0 Å². The maximum absolute atomic E-state index is 13.2. The molecule has 0 radical (unpaired) electrons. The average molecular weight is 304 g/mol. The maximum Gasteiger partial charge on any atom is 0.241 e. The van der Waals surface area contributed by atoms with Crippen LogP contribution in [0.15, 0.2) is 53.4 Å². The molecule has 1 unspecified atom stereocenters. The number of nitrogens with zero attached hydrogens (tertiary/aromatic N) is 1. The highest BCUT2D eigenvalue weighted by atomic mass is 32.2. The lowest BCUT2D eigenvalue weighted by atomic mass is 10.1. The standard InChI is InChI=1S/C15H13FN2O2S/c1-11(13-3-2-4-14(16)9-13)18-21(19,20)15-7-5-12(10-17)6-8-15/h2-9,11,18H,1H3. The van der Waals surface area contributed by atoms with E-state index in [-0.39, 0.29) is 4.90 Å². The fourth-order valence-electron chi connectivity index (χ4n) is 1.85. The van der Waals surface area contributed by atoms with Crippen LogP contribution in [0.4, 0.5) is 4.39 Å². The topological polar surface area (TPSA) is 70.0 Å². The molecule has 0 aliphatic heterocycles. The van der Waals surface area contributed by atoms with Gasteiger partial charge in [-0.1, -0.05) is 12.1 Å². The SMILES string of the molecule is CC(NS(=O)(=O)c1ccc(C#N)cc1)c1cccc(F)c1. The summed E-state index contributed by atoms with van der Waals surface area (Å²) in [4.78, 5) is 0.0600. The van der Waals surface area contributed by atoms with Crippen LogP contribution >= 0.6 is 0 Å². The van der Waals surface area contributed by atoms with Crippen molar-refractivity contribution in [3.05, 3.63) is 65.5 Å². The Morgan fingerprint density at radius 3 is 2.43 bits per heavy atom. The molecule has 108 valence electrons. The third kappa shape index (κ3) is 3.66. The van der Waals surface area contributed by atoms with Crippen LogP contribution in [0.2, 0.25) is 0 Å². The first kappa shape index (κ1) is 15.2. The van der Waals surface area contributed by atoms with E-state index in [0.29, 0.717) is 11.1 Å². The molecule has 2 aromatic carbocycles. The molecule has 4 nitrogen and oxygen atoms in total. The average Bonchev–Trinajstić information content (AvgIpc) is 2.47. The number of sulfonamides is 1. The van der Waals surface area contributed by atoms with E-state index in [0.717, 1.165) is 0 Å². The summed E-state index contributed by atoms with van der Waals surface area (Å²) in [6.07, 6.45) is 0. The third-order valence-corrected chi connectivity index (χ3v) is 4.53. The van der Waals surface area contributed by atoms with Crippen LogP contribution in [0.1, 0.15) is 24.1 Å². The van der Waals surface area contributed by atoms with Crippen molar-refractivity contribution in [2.45, 2.75) is 17.9 Å². The van der Waals surface area contributed by atoms with Crippen molar-refractivity contribution < 1.29 is 12.8 Å². The Balaban J connectivity index is 2.22. The molecule has 6 heteroatoms. The molecule has 0 aliphatic rings. The zero-order valence-electron chi connectivity index (χ0n) is 11.2. The lowest BCUT2D eigenvalue weighted by Crippen LogP contribution is -2.26. The maximum atomic E-state index is 13.2. The fraction of sp³-hybridized carbons (Fsp3) is 0.133. The molecule has 0 fully saturated rings. The summed E-state index contributed by atoms with van der Waals surface area (Å²) in [7, 11) is -3.73. The van der Waals surface area contributed by atoms with Crippen LogP contribution in [0, 0.1) is 17.1 Å². The van der Waals surface area contributed by atoms with Crippen LogP contribution < -0.4 is 4.72 Å². The van der Waals surface area contributed by atoms with E-state index in [9.17, 15) is 12.8 Å². The van der Waals surface area contributed by atoms with Crippen LogP contribution in [0.25, 0.3) is 0 Å². The summed E-state index contributed by atoms with van der Waals surface area (Å²) in [5.74, 6) is -0.420. The van der Waals surface area contributed by atoms with Crippen LogP contribution in [0.5, 0.6) is 0 Å².